The van der Waals surface area contributed by atoms with Gasteiger partial charge in [-0.2, -0.15) is 10.1 Å². The van der Waals surface area contributed by atoms with Crippen molar-refractivity contribution >= 4 is 34.6 Å². The standard InChI is InChI=1S/C24H23N7O/c1-30-22-11-16(2-3-18(22)15-26-30)21-12-23(29-24(28-21)31-6-8-32-9-7-31)27-20-5-4-17-13-25-14-19(17)10-20/h2-5,10-13,15H,6-9,14H2,1H3,(H,27,28,29). The molecule has 4 heterocycles. The van der Waals surface area contributed by atoms with Crippen molar-refractivity contribution in [2.75, 3.05) is 36.5 Å². The number of nitrogens with one attached hydrogen (secondary N) is 1. The maximum atomic E-state index is 5.52. The summed E-state index contributed by atoms with van der Waals surface area (Å²) in [6.07, 6.45) is 3.80. The first kappa shape index (κ1) is 18.9. The third-order valence-corrected chi connectivity index (χ3v) is 5.96. The second-order valence-electron chi connectivity index (χ2n) is 8.09. The zero-order valence-corrected chi connectivity index (χ0v) is 17.8. The topological polar surface area (TPSA) is 80.5 Å². The van der Waals surface area contributed by atoms with Gasteiger partial charge in [-0.15, -0.1) is 0 Å². The van der Waals surface area contributed by atoms with Crippen LogP contribution in [0.3, 0.4) is 0 Å². The van der Waals surface area contributed by atoms with Crippen LogP contribution in [0.4, 0.5) is 17.5 Å². The molecule has 0 atom stereocenters. The summed E-state index contributed by atoms with van der Waals surface area (Å²) in [4.78, 5) is 16.3. The molecule has 2 aromatic heterocycles. The molecule has 160 valence electrons. The normalized spacial score (nSPS) is 15.3. The number of anilines is 3. The smallest absolute Gasteiger partial charge is 0.228 e. The number of ether oxygens (including phenoxy) is 1. The fourth-order valence-electron chi connectivity index (χ4n) is 4.19. The van der Waals surface area contributed by atoms with E-state index < -0.39 is 0 Å². The molecule has 0 unspecified atom stereocenters. The monoisotopic (exact) mass is 425 g/mol. The van der Waals surface area contributed by atoms with E-state index in [0.717, 1.165) is 53.3 Å². The Kier molecular flexibility index (Phi) is 4.57. The number of fused-ring (bicyclic) bond motifs is 2. The predicted octanol–water partition coefficient (Wildman–Crippen LogP) is 3.54. The van der Waals surface area contributed by atoms with Crippen LogP contribution in [-0.4, -0.2) is 52.3 Å². The maximum absolute atomic E-state index is 5.52. The fraction of sp³-hybridized carbons (Fsp3) is 0.250. The van der Waals surface area contributed by atoms with Crippen molar-refractivity contribution in [2.24, 2.45) is 12.0 Å². The van der Waals surface area contributed by atoms with E-state index in [2.05, 4.69) is 56.7 Å². The highest BCUT2D eigenvalue weighted by Gasteiger charge is 2.17. The van der Waals surface area contributed by atoms with E-state index in [9.17, 15) is 0 Å². The van der Waals surface area contributed by atoms with E-state index in [-0.39, 0.29) is 0 Å². The van der Waals surface area contributed by atoms with Crippen molar-refractivity contribution in [3.63, 3.8) is 0 Å². The first-order valence-electron chi connectivity index (χ1n) is 10.8. The summed E-state index contributed by atoms with van der Waals surface area (Å²) in [7, 11) is 1.95. The highest BCUT2D eigenvalue weighted by Crippen LogP contribution is 2.29. The van der Waals surface area contributed by atoms with Crippen molar-refractivity contribution in [1.82, 2.24) is 19.7 Å². The Morgan fingerprint density at radius 1 is 1.00 bits per heavy atom. The molecule has 0 spiro atoms. The van der Waals surface area contributed by atoms with Crippen molar-refractivity contribution in [1.29, 1.82) is 0 Å². The van der Waals surface area contributed by atoms with Crippen LogP contribution in [0.5, 0.6) is 0 Å². The predicted molar refractivity (Wildman–Crippen MR) is 126 cm³/mol. The number of hydrogen-bond acceptors (Lipinski definition) is 7. The molecule has 0 bridgehead atoms. The van der Waals surface area contributed by atoms with Gasteiger partial charge in [-0.3, -0.25) is 9.67 Å². The van der Waals surface area contributed by atoms with Gasteiger partial charge >= 0.3 is 0 Å². The summed E-state index contributed by atoms with van der Waals surface area (Å²) in [5.74, 6) is 1.48. The molecule has 0 aliphatic carbocycles. The van der Waals surface area contributed by atoms with Gasteiger partial charge < -0.3 is 15.0 Å². The van der Waals surface area contributed by atoms with Crippen LogP contribution in [-0.2, 0) is 18.3 Å². The SMILES string of the molecule is Cn1ncc2ccc(-c3cc(Nc4ccc5c(c4)CN=C5)nc(N4CCOCC4)n3)cc21. The molecule has 1 fully saturated rings. The van der Waals surface area contributed by atoms with Crippen molar-refractivity contribution < 1.29 is 4.74 Å². The van der Waals surface area contributed by atoms with Crippen LogP contribution < -0.4 is 10.2 Å². The maximum Gasteiger partial charge on any atom is 0.228 e. The Hall–Kier alpha value is -3.78. The Labute approximate surface area is 185 Å². The zero-order chi connectivity index (χ0) is 21.5. The summed E-state index contributed by atoms with van der Waals surface area (Å²) >= 11 is 0. The summed E-state index contributed by atoms with van der Waals surface area (Å²) in [5, 5.41) is 8.96. The van der Waals surface area contributed by atoms with Crippen LogP contribution in [0.15, 0.2) is 53.7 Å². The average Bonchev–Trinajstić information content (AvgIpc) is 3.45. The molecule has 8 nitrogen and oxygen atoms in total. The molecule has 6 rings (SSSR count). The molecule has 1 saturated heterocycles. The summed E-state index contributed by atoms with van der Waals surface area (Å²) in [6.45, 7) is 3.65. The molecular weight excluding hydrogens is 402 g/mol. The van der Waals surface area contributed by atoms with Crippen molar-refractivity contribution in [2.45, 2.75) is 6.54 Å². The summed E-state index contributed by atoms with van der Waals surface area (Å²) in [6, 6.07) is 14.6. The second kappa shape index (κ2) is 7.72. The van der Waals surface area contributed by atoms with Gasteiger partial charge in [0, 0.05) is 49.1 Å². The van der Waals surface area contributed by atoms with Gasteiger partial charge in [0.15, 0.2) is 0 Å². The highest BCUT2D eigenvalue weighted by atomic mass is 16.5. The lowest BCUT2D eigenvalue weighted by Gasteiger charge is -2.27. The number of hydrogen-bond donors (Lipinski definition) is 1. The third-order valence-electron chi connectivity index (χ3n) is 5.96. The van der Waals surface area contributed by atoms with Crippen LogP contribution >= 0.6 is 0 Å². The zero-order valence-electron chi connectivity index (χ0n) is 17.8. The summed E-state index contributed by atoms with van der Waals surface area (Å²) < 4.78 is 7.41. The minimum Gasteiger partial charge on any atom is -0.378 e. The second-order valence-corrected chi connectivity index (χ2v) is 8.09. The van der Waals surface area contributed by atoms with Crippen LogP contribution in [0.25, 0.3) is 22.2 Å². The molecule has 32 heavy (non-hydrogen) atoms. The lowest BCUT2D eigenvalue weighted by molar-refractivity contribution is 0.122. The van der Waals surface area contributed by atoms with Crippen molar-refractivity contribution in [3.05, 3.63) is 59.8 Å². The molecule has 8 heteroatoms. The van der Waals surface area contributed by atoms with E-state index in [1.807, 2.05) is 30.2 Å². The van der Waals surface area contributed by atoms with E-state index in [1.54, 1.807) is 0 Å². The number of rotatable bonds is 4. The van der Waals surface area contributed by atoms with Gasteiger partial charge in [-0.1, -0.05) is 18.2 Å². The molecule has 0 amide bonds. The van der Waals surface area contributed by atoms with Gasteiger partial charge in [0.1, 0.15) is 5.82 Å². The highest BCUT2D eigenvalue weighted by molar-refractivity contribution is 5.86. The number of morpholine rings is 1. The first-order valence-corrected chi connectivity index (χ1v) is 10.8. The molecular formula is C24H23N7O. The van der Waals surface area contributed by atoms with Gasteiger partial charge in [-0.05, 0) is 29.3 Å². The largest absolute Gasteiger partial charge is 0.378 e. The van der Waals surface area contributed by atoms with Crippen LogP contribution in [0.1, 0.15) is 11.1 Å². The van der Waals surface area contributed by atoms with Gasteiger partial charge in [0.05, 0.1) is 37.2 Å². The lowest BCUT2D eigenvalue weighted by atomic mass is 10.1. The number of benzene rings is 2. The van der Waals surface area contributed by atoms with E-state index in [1.165, 1.54) is 11.1 Å². The summed E-state index contributed by atoms with van der Waals surface area (Å²) in [5.41, 5.74) is 6.37. The Morgan fingerprint density at radius 3 is 2.81 bits per heavy atom. The van der Waals surface area contributed by atoms with Crippen LogP contribution in [0.2, 0.25) is 0 Å². The number of aromatic nitrogens is 4. The number of nitrogens with zero attached hydrogens (tertiary/aromatic N) is 6. The Bertz CT molecular complexity index is 1340. The third kappa shape index (κ3) is 3.48. The molecule has 4 aromatic rings. The van der Waals surface area contributed by atoms with Crippen molar-refractivity contribution in [3.8, 4) is 11.3 Å². The van der Waals surface area contributed by atoms with Crippen LogP contribution in [0, 0.1) is 0 Å². The number of aliphatic imine (C=N–C) groups is 1. The molecule has 0 radical (unpaired) electrons. The minimum atomic E-state index is 0.683. The minimum absolute atomic E-state index is 0.683. The van der Waals surface area contributed by atoms with Gasteiger partial charge in [0.2, 0.25) is 5.95 Å². The van der Waals surface area contributed by atoms with E-state index >= 15 is 0 Å². The Morgan fingerprint density at radius 2 is 1.91 bits per heavy atom. The molecule has 2 aliphatic rings. The molecule has 2 aromatic carbocycles. The lowest BCUT2D eigenvalue weighted by Crippen LogP contribution is -2.37. The van der Waals surface area contributed by atoms with Gasteiger partial charge in [0.25, 0.3) is 0 Å². The Balaban J connectivity index is 1.41. The quantitative estimate of drug-likeness (QED) is 0.539. The van der Waals surface area contributed by atoms with Gasteiger partial charge in [-0.25, -0.2) is 4.98 Å². The fourth-order valence-corrected chi connectivity index (χ4v) is 4.19. The first-order chi connectivity index (χ1) is 15.7. The average molecular weight is 425 g/mol. The molecule has 0 saturated carbocycles. The molecule has 1 N–H and O–H groups in total. The number of aryl methyl sites for hydroxylation is 1. The van der Waals surface area contributed by atoms with E-state index in [0.29, 0.717) is 19.2 Å². The van der Waals surface area contributed by atoms with E-state index in [4.69, 9.17) is 14.7 Å². The molecule has 2 aliphatic heterocycles.